The first-order chi connectivity index (χ1) is 11.4. The third kappa shape index (κ3) is 4.64. The van der Waals surface area contributed by atoms with Gasteiger partial charge in [0.25, 0.3) is 0 Å². The Balaban J connectivity index is 2.00. The number of carbonyl (C=O) groups excluding carboxylic acids is 1. The molecule has 0 spiro atoms. The van der Waals surface area contributed by atoms with E-state index in [-0.39, 0.29) is 24.7 Å². The Morgan fingerprint density at radius 1 is 1.38 bits per heavy atom. The molecule has 5 nitrogen and oxygen atoms in total. The van der Waals surface area contributed by atoms with Crippen molar-refractivity contribution in [2.75, 3.05) is 26.8 Å². The van der Waals surface area contributed by atoms with Gasteiger partial charge in [-0.2, -0.15) is 0 Å². The Labute approximate surface area is 140 Å². The fraction of sp³-hybridized carbons (Fsp3) is 0.588. The zero-order valence-corrected chi connectivity index (χ0v) is 14.0. The van der Waals surface area contributed by atoms with Gasteiger partial charge in [-0.1, -0.05) is 6.07 Å². The lowest BCUT2D eigenvalue weighted by Gasteiger charge is -2.34. The number of rotatable bonds is 5. The number of hydrogen-bond acceptors (Lipinski definition) is 3. The number of amides is 2. The Bertz CT molecular complexity index is 561. The second-order valence-electron chi connectivity index (χ2n) is 6.20. The number of nitrogens with zero attached hydrogens (tertiary/aromatic N) is 1. The SMILES string of the molecule is COCC(NC(=O)N1CCC(C(C)O)CC1)c1ccc(F)c(F)c1. The first-order valence-corrected chi connectivity index (χ1v) is 8.09. The van der Waals surface area contributed by atoms with Crippen LogP contribution in [-0.4, -0.2) is 48.9 Å². The number of benzene rings is 1. The number of hydrogen-bond donors (Lipinski definition) is 2. The van der Waals surface area contributed by atoms with Crippen LogP contribution in [0.2, 0.25) is 0 Å². The van der Waals surface area contributed by atoms with Gasteiger partial charge in [0.2, 0.25) is 0 Å². The van der Waals surface area contributed by atoms with E-state index in [1.165, 1.54) is 13.2 Å². The molecule has 1 heterocycles. The minimum atomic E-state index is -0.958. The molecule has 1 aliphatic rings. The number of urea groups is 1. The van der Waals surface area contributed by atoms with Crippen LogP contribution < -0.4 is 5.32 Å². The highest BCUT2D eigenvalue weighted by molar-refractivity contribution is 5.74. The fourth-order valence-electron chi connectivity index (χ4n) is 2.94. The molecule has 2 N–H and O–H groups in total. The van der Waals surface area contributed by atoms with E-state index >= 15 is 0 Å². The van der Waals surface area contributed by atoms with Gasteiger partial charge >= 0.3 is 6.03 Å². The molecule has 0 aliphatic carbocycles. The summed E-state index contributed by atoms with van der Waals surface area (Å²) in [6.07, 6.45) is 1.11. The van der Waals surface area contributed by atoms with Crippen LogP contribution in [0, 0.1) is 17.6 Å². The molecule has 1 aliphatic heterocycles. The maximum absolute atomic E-state index is 13.4. The van der Waals surface area contributed by atoms with Crippen LogP contribution in [0.25, 0.3) is 0 Å². The number of ether oxygens (including phenoxy) is 1. The standard InChI is InChI=1S/C17H24F2N2O3/c1-11(22)12-5-7-21(8-6-12)17(23)20-16(10-24-2)13-3-4-14(18)15(19)9-13/h3-4,9,11-12,16,22H,5-8,10H2,1-2H3,(H,20,23). The number of likely N-dealkylation sites (tertiary alicyclic amines) is 1. The van der Waals surface area contributed by atoms with Gasteiger partial charge in [0.15, 0.2) is 11.6 Å². The third-order valence-corrected chi connectivity index (χ3v) is 4.49. The van der Waals surface area contributed by atoms with Crippen LogP contribution in [-0.2, 0) is 4.74 Å². The quantitative estimate of drug-likeness (QED) is 0.864. The minimum Gasteiger partial charge on any atom is -0.393 e. The van der Waals surface area contributed by atoms with Crippen molar-refractivity contribution in [1.82, 2.24) is 10.2 Å². The Hall–Kier alpha value is -1.73. The summed E-state index contributed by atoms with van der Waals surface area (Å²) in [5, 5.41) is 12.4. The van der Waals surface area contributed by atoms with Gasteiger partial charge in [-0.3, -0.25) is 0 Å². The summed E-state index contributed by atoms with van der Waals surface area (Å²) in [7, 11) is 1.48. The Morgan fingerprint density at radius 3 is 2.58 bits per heavy atom. The molecule has 134 valence electrons. The zero-order valence-electron chi connectivity index (χ0n) is 14.0. The highest BCUT2D eigenvalue weighted by Crippen LogP contribution is 2.22. The predicted octanol–water partition coefficient (Wildman–Crippen LogP) is 2.45. The molecule has 2 unspecified atom stereocenters. The molecule has 1 fully saturated rings. The molecule has 2 amide bonds. The third-order valence-electron chi connectivity index (χ3n) is 4.49. The molecule has 0 saturated carbocycles. The average molecular weight is 342 g/mol. The van der Waals surface area contributed by atoms with Gasteiger partial charge in [0.1, 0.15) is 0 Å². The molecule has 24 heavy (non-hydrogen) atoms. The highest BCUT2D eigenvalue weighted by Gasteiger charge is 2.27. The van der Waals surface area contributed by atoms with Crippen LogP contribution >= 0.6 is 0 Å². The molecule has 0 radical (unpaired) electrons. The molecule has 7 heteroatoms. The van der Waals surface area contributed by atoms with Crippen LogP contribution in [0.15, 0.2) is 18.2 Å². The second kappa shape index (κ2) is 8.39. The van der Waals surface area contributed by atoms with E-state index in [1.54, 1.807) is 11.8 Å². The van der Waals surface area contributed by atoms with Crippen molar-refractivity contribution in [3.8, 4) is 0 Å². The van der Waals surface area contributed by atoms with E-state index in [1.807, 2.05) is 0 Å². The molecular weight excluding hydrogens is 318 g/mol. The van der Waals surface area contributed by atoms with Crippen molar-refractivity contribution < 1.29 is 23.4 Å². The summed E-state index contributed by atoms with van der Waals surface area (Å²) < 4.78 is 31.6. The van der Waals surface area contributed by atoms with Crippen LogP contribution in [0.4, 0.5) is 13.6 Å². The Morgan fingerprint density at radius 2 is 2.04 bits per heavy atom. The molecule has 0 bridgehead atoms. The van der Waals surface area contributed by atoms with Gasteiger partial charge in [-0.25, -0.2) is 13.6 Å². The molecule has 1 saturated heterocycles. The topological polar surface area (TPSA) is 61.8 Å². The van der Waals surface area contributed by atoms with Crippen molar-refractivity contribution in [1.29, 1.82) is 0 Å². The minimum absolute atomic E-state index is 0.154. The average Bonchev–Trinajstić information content (AvgIpc) is 2.57. The number of aliphatic hydroxyl groups excluding tert-OH is 1. The van der Waals surface area contributed by atoms with Crippen molar-refractivity contribution in [2.45, 2.75) is 31.9 Å². The lowest BCUT2D eigenvalue weighted by molar-refractivity contribution is 0.0781. The van der Waals surface area contributed by atoms with E-state index in [2.05, 4.69) is 5.32 Å². The molecule has 2 atom stereocenters. The molecule has 0 aromatic heterocycles. The van der Waals surface area contributed by atoms with Crippen molar-refractivity contribution in [3.63, 3.8) is 0 Å². The number of nitrogens with one attached hydrogen (secondary N) is 1. The van der Waals surface area contributed by atoms with Gasteiger partial charge in [-0.05, 0) is 43.4 Å². The van der Waals surface area contributed by atoms with Gasteiger partial charge in [0.05, 0.1) is 18.8 Å². The molecule has 1 aromatic carbocycles. The lowest BCUT2D eigenvalue weighted by atomic mass is 9.92. The number of methoxy groups -OCH3 is 1. The number of carbonyl (C=O) groups is 1. The normalized spacial score (nSPS) is 18.3. The highest BCUT2D eigenvalue weighted by atomic mass is 19.2. The van der Waals surface area contributed by atoms with Gasteiger partial charge in [0, 0.05) is 20.2 Å². The molecular formula is C17H24F2N2O3. The predicted molar refractivity (Wildman–Crippen MR) is 85.5 cm³/mol. The maximum atomic E-state index is 13.4. The first kappa shape index (κ1) is 18.6. The molecule has 2 rings (SSSR count). The lowest BCUT2D eigenvalue weighted by Crippen LogP contribution is -2.47. The van der Waals surface area contributed by atoms with Crippen LogP contribution in [0.1, 0.15) is 31.4 Å². The van der Waals surface area contributed by atoms with Gasteiger partial charge in [-0.15, -0.1) is 0 Å². The zero-order chi connectivity index (χ0) is 17.7. The Kier molecular flexibility index (Phi) is 6.51. The van der Waals surface area contributed by atoms with E-state index in [0.29, 0.717) is 18.7 Å². The van der Waals surface area contributed by atoms with E-state index in [4.69, 9.17) is 4.74 Å². The fourth-order valence-corrected chi connectivity index (χ4v) is 2.94. The molecule has 1 aromatic rings. The van der Waals surface area contributed by atoms with Crippen molar-refractivity contribution in [3.05, 3.63) is 35.4 Å². The van der Waals surface area contributed by atoms with E-state index < -0.39 is 17.7 Å². The largest absolute Gasteiger partial charge is 0.393 e. The van der Waals surface area contributed by atoms with Crippen LogP contribution in [0.3, 0.4) is 0 Å². The van der Waals surface area contributed by atoms with Crippen molar-refractivity contribution >= 4 is 6.03 Å². The summed E-state index contributed by atoms with van der Waals surface area (Å²) in [6, 6.07) is 2.70. The summed E-state index contributed by atoms with van der Waals surface area (Å²) in [4.78, 5) is 14.1. The summed E-state index contributed by atoms with van der Waals surface area (Å²) in [5.41, 5.74) is 0.447. The smallest absolute Gasteiger partial charge is 0.317 e. The van der Waals surface area contributed by atoms with E-state index in [9.17, 15) is 18.7 Å². The number of piperidine rings is 1. The van der Waals surface area contributed by atoms with Crippen LogP contribution in [0.5, 0.6) is 0 Å². The number of aliphatic hydroxyl groups is 1. The van der Waals surface area contributed by atoms with Gasteiger partial charge < -0.3 is 20.1 Å². The summed E-state index contributed by atoms with van der Waals surface area (Å²) in [5.74, 6) is -1.68. The van der Waals surface area contributed by atoms with Crippen molar-refractivity contribution in [2.24, 2.45) is 5.92 Å². The second-order valence-corrected chi connectivity index (χ2v) is 6.20. The summed E-state index contributed by atoms with van der Waals surface area (Å²) in [6.45, 7) is 3.02. The first-order valence-electron chi connectivity index (χ1n) is 8.09. The summed E-state index contributed by atoms with van der Waals surface area (Å²) >= 11 is 0. The number of halogens is 2. The van der Waals surface area contributed by atoms with E-state index in [0.717, 1.165) is 25.0 Å². The maximum Gasteiger partial charge on any atom is 0.317 e. The monoisotopic (exact) mass is 342 g/mol.